The lowest BCUT2D eigenvalue weighted by Gasteiger charge is -2.59. The van der Waals surface area contributed by atoms with Crippen molar-refractivity contribution >= 4 is 29.1 Å². The van der Waals surface area contributed by atoms with Crippen molar-refractivity contribution in [3.63, 3.8) is 0 Å². The Morgan fingerprint density at radius 1 is 1.28 bits per heavy atom. The molecule has 0 heterocycles. The highest BCUT2D eigenvalue weighted by molar-refractivity contribution is 6.23. The SMILES string of the molecule is CCCC(=O)OCC(=O)[C@H]1C(C)C[C@H]2[C@@H]3CC(Cl)C4=CC(=O)C=C[C@]4(C)[C@H]3C(O)C[C@]12C. The average molecular weight is 463 g/mol. The molecule has 0 aromatic heterocycles. The number of carbonyl (C=O) groups is 3. The zero-order chi connectivity index (χ0) is 23.4. The van der Waals surface area contributed by atoms with Gasteiger partial charge in [-0.3, -0.25) is 14.4 Å². The van der Waals surface area contributed by atoms with Crippen LogP contribution in [0.4, 0.5) is 0 Å². The number of allylic oxidation sites excluding steroid dienone is 4. The molecule has 5 nitrogen and oxygen atoms in total. The van der Waals surface area contributed by atoms with Crippen LogP contribution in [0.5, 0.6) is 0 Å². The van der Waals surface area contributed by atoms with Crippen molar-refractivity contribution in [2.45, 2.75) is 71.3 Å². The second-order valence-electron chi connectivity index (χ2n) is 11.0. The minimum absolute atomic E-state index is 0.0328. The minimum atomic E-state index is -0.597. The molecule has 4 aliphatic rings. The minimum Gasteiger partial charge on any atom is -0.458 e. The number of aliphatic hydroxyl groups is 1. The molecule has 0 radical (unpaired) electrons. The molecule has 1 N–H and O–H groups in total. The second-order valence-corrected chi connectivity index (χ2v) is 11.5. The summed E-state index contributed by atoms with van der Waals surface area (Å²) in [6.07, 6.45) is 7.73. The summed E-state index contributed by atoms with van der Waals surface area (Å²) in [6.45, 7) is 8.05. The van der Waals surface area contributed by atoms with Crippen LogP contribution in [0.15, 0.2) is 23.8 Å². The maximum atomic E-state index is 13.2. The number of halogens is 1. The molecule has 9 atom stereocenters. The van der Waals surface area contributed by atoms with Gasteiger partial charge in [-0.05, 0) is 66.6 Å². The first kappa shape index (κ1) is 23.7. The van der Waals surface area contributed by atoms with Gasteiger partial charge in [-0.25, -0.2) is 0 Å². The van der Waals surface area contributed by atoms with E-state index in [1.807, 2.05) is 13.0 Å². The van der Waals surface area contributed by atoms with Crippen LogP contribution in [-0.2, 0) is 19.1 Å². The van der Waals surface area contributed by atoms with Gasteiger partial charge in [0.15, 0.2) is 11.6 Å². The van der Waals surface area contributed by atoms with Gasteiger partial charge in [0.2, 0.25) is 0 Å². The molecule has 4 rings (SSSR count). The van der Waals surface area contributed by atoms with E-state index in [0.29, 0.717) is 25.7 Å². The molecule has 0 aliphatic heterocycles. The van der Waals surface area contributed by atoms with E-state index < -0.39 is 11.5 Å². The first-order chi connectivity index (χ1) is 15.0. The van der Waals surface area contributed by atoms with E-state index in [2.05, 4.69) is 20.8 Å². The van der Waals surface area contributed by atoms with Crippen molar-refractivity contribution < 1.29 is 24.2 Å². The summed E-state index contributed by atoms with van der Waals surface area (Å²) in [6, 6.07) is 0. The van der Waals surface area contributed by atoms with Crippen LogP contribution in [0.25, 0.3) is 0 Å². The van der Waals surface area contributed by atoms with Crippen molar-refractivity contribution in [2.24, 2.45) is 40.4 Å². The maximum absolute atomic E-state index is 13.2. The van der Waals surface area contributed by atoms with E-state index in [0.717, 1.165) is 12.0 Å². The Kier molecular flexibility index (Phi) is 6.21. The van der Waals surface area contributed by atoms with Gasteiger partial charge >= 0.3 is 5.97 Å². The van der Waals surface area contributed by atoms with Crippen LogP contribution < -0.4 is 0 Å². The standard InChI is InChI=1S/C26H35ClO5/c1-5-6-22(31)32-13-21(30)23-14(2)9-17-16-11-19(27)18-10-15(28)7-8-25(18,3)24(16)20(29)12-26(17,23)4/h7-8,10,14,16-17,19-20,23-24,29H,5-6,9,11-13H2,1-4H3/t14?,16-,17-,19?,20?,23+,24+,25-,26-/m0/s1. The van der Waals surface area contributed by atoms with Crippen LogP contribution in [0, 0.1) is 40.4 Å². The van der Waals surface area contributed by atoms with Gasteiger partial charge in [-0.1, -0.05) is 33.8 Å². The van der Waals surface area contributed by atoms with Crippen LogP contribution in [0.2, 0.25) is 0 Å². The number of aliphatic hydroxyl groups excluding tert-OH is 1. The number of ether oxygens (including phenoxy) is 1. The Balaban J connectivity index is 1.62. The van der Waals surface area contributed by atoms with Gasteiger partial charge in [0.05, 0.1) is 11.5 Å². The molecule has 3 fully saturated rings. The highest BCUT2D eigenvalue weighted by atomic mass is 35.5. The lowest BCUT2D eigenvalue weighted by molar-refractivity contribution is -0.154. The zero-order valence-corrected chi connectivity index (χ0v) is 20.2. The summed E-state index contributed by atoms with van der Waals surface area (Å²) in [5.74, 6) is -0.143. The molecule has 0 spiro atoms. The third kappa shape index (κ3) is 3.60. The van der Waals surface area contributed by atoms with E-state index in [9.17, 15) is 19.5 Å². The van der Waals surface area contributed by atoms with Crippen molar-refractivity contribution in [1.82, 2.24) is 0 Å². The molecular weight excluding hydrogens is 428 g/mol. The molecule has 4 aliphatic carbocycles. The normalized spacial score (nSPS) is 44.9. The highest BCUT2D eigenvalue weighted by Crippen LogP contribution is 2.67. The number of alkyl halides is 1. The summed E-state index contributed by atoms with van der Waals surface area (Å²) in [4.78, 5) is 37.1. The van der Waals surface area contributed by atoms with Crippen LogP contribution in [0.1, 0.15) is 59.8 Å². The first-order valence-electron chi connectivity index (χ1n) is 12.0. The topological polar surface area (TPSA) is 80.7 Å². The van der Waals surface area contributed by atoms with E-state index in [1.54, 1.807) is 12.2 Å². The number of ketones is 2. The number of rotatable bonds is 5. The van der Waals surface area contributed by atoms with Crippen molar-refractivity contribution in [1.29, 1.82) is 0 Å². The summed E-state index contributed by atoms with van der Waals surface area (Å²) in [5, 5.41) is 11.2. The molecule has 176 valence electrons. The Labute approximate surface area is 195 Å². The van der Waals surface area contributed by atoms with Gasteiger partial charge in [0.1, 0.15) is 6.61 Å². The second kappa shape index (κ2) is 8.39. The van der Waals surface area contributed by atoms with Gasteiger partial charge < -0.3 is 9.84 Å². The summed E-state index contributed by atoms with van der Waals surface area (Å²) >= 11 is 6.84. The van der Waals surface area contributed by atoms with E-state index >= 15 is 0 Å². The Bertz CT molecular complexity index is 877. The van der Waals surface area contributed by atoms with Crippen molar-refractivity contribution in [2.75, 3.05) is 6.61 Å². The van der Waals surface area contributed by atoms with Crippen LogP contribution >= 0.6 is 11.6 Å². The number of hydrogen-bond donors (Lipinski definition) is 1. The molecule has 0 aromatic carbocycles. The number of Topliss-reactive ketones (excluding diaryl/α,β-unsaturated/α-hetero) is 1. The fraction of sp³-hybridized carbons (Fsp3) is 0.731. The predicted molar refractivity (Wildman–Crippen MR) is 122 cm³/mol. The van der Waals surface area contributed by atoms with E-state index in [4.69, 9.17) is 16.3 Å². The molecule has 0 aromatic rings. The molecule has 6 heteroatoms. The van der Waals surface area contributed by atoms with E-state index in [1.165, 1.54) is 0 Å². The molecular formula is C26H35ClO5. The van der Waals surface area contributed by atoms with E-state index in [-0.39, 0.29) is 64.5 Å². The average Bonchev–Trinajstić information content (AvgIpc) is 2.97. The zero-order valence-electron chi connectivity index (χ0n) is 19.5. The number of carbonyl (C=O) groups excluding carboxylic acids is 3. The predicted octanol–water partition coefficient (Wildman–Crippen LogP) is 4.26. The van der Waals surface area contributed by atoms with Crippen LogP contribution in [-0.4, -0.2) is 40.7 Å². The number of hydrogen-bond acceptors (Lipinski definition) is 5. The molecule has 3 unspecified atom stereocenters. The summed E-state index contributed by atoms with van der Waals surface area (Å²) in [7, 11) is 0. The fourth-order valence-electron chi connectivity index (χ4n) is 7.91. The largest absolute Gasteiger partial charge is 0.458 e. The van der Waals surface area contributed by atoms with Crippen LogP contribution in [0.3, 0.4) is 0 Å². The Hall–Kier alpha value is -1.46. The van der Waals surface area contributed by atoms with Gasteiger partial charge in [0, 0.05) is 23.7 Å². The van der Waals surface area contributed by atoms with Gasteiger partial charge in [-0.2, -0.15) is 0 Å². The molecule has 0 amide bonds. The lowest BCUT2D eigenvalue weighted by atomic mass is 9.46. The summed E-state index contributed by atoms with van der Waals surface area (Å²) in [5.41, 5.74) is 0.0961. The molecule has 0 saturated heterocycles. The third-order valence-electron chi connectivity index (χ3n) is 8.99. The monoisotopic (exact) mass is 462 g/mol. The van der Waals surface area contributed by atoms with Gasteiger partial charge in [0.25, 0.3) is 0 Å². The van der Waals surface area contributed by atoms with Crippen molar-refractivity contribution in [3.05, 3.63) is 23.8 Å². The third-order valence-corrected chi connectivity index (χ3v) is 9.41. The molecule has 0 bridgehead atoms. The number of fused-ring (bicyclic) bond motifs is 5. The fourth-order valence-corrected chi connectivity index (χ4v) is 8.41. The Morgan fingerprint density at radius 3 is 2.69 bits per heavy atom. The van der Waals surface area contributed by atoms with Crippen molar-refractivity contribution in [3.8, 4) is 0 Å². The summed E-state index contributed by atoms with van der Waals surface area (Å²) < 4.78 is 5.26. The number of esters is 1. The lowest BCUT2D eigenvalue weighted by Crippen LogP contribution is -2.58. The molecule has 3 saturated carbocycles. The van der Waals surface area contributed by atoms with Gasteiger partial charge in [-0.15, -0.1) is 11.6 Å². The Morgan fingerprint density at radius 2 is 2.00 bits per heavy atom. The smallest absolute Gasteiger partial charge is 0.306 e. The highest BCUT2D eigenvalue weighted by Gasteiger charge is 2.65. The maximum Gasteiger partial charge on any atom is 0.306 e. The quantitative estimate of drug-likeness (QED) is 0.487. The first-order valence-corrected chi connectivity index (χ1v) is 12.4. The molecule has 32 heavy (non-hydrogen) atoms.